The number of hydrogen-bond acceptors (Lipinski definition) is 7. The highest BCUT2D eigenvalue weighted by Gasteiger charge is 2.59. The summed E-state index contributed by atoms with van der Waals surface area (Å²) >= 11 is 0. The van der Waals surface area contributed by atoms with Crippen LogP contribution in [0.4, 0.5) is 27.6 Å². The second kappa shape index (κ2) is 10.9. The Bertz CT molecular complexity index is 1810. The Hall–Kier alpha value is -3.33. The minimum atomic E-state index is -4.95. The standard InChI is InChI=1S/C32H32F5N3O5S/c1-3-44-30(41)29-22-6-17-8-27(38-11-23(17)28(22)29)45-12-18-7-21(24(10-25(18)33)32(35,36)37)20-5-4-19(9-26(20)34)39-13-31(14-39)15-40(16-31)46(2,42)43/h4-5,7-11,22,28-30,41H,3,6,12-16H2,1-2H3/t22-,28-,29+,30?/m1/s1. The molecule has 1 unspecified atom stereocenters. The van der Waals surface area contributed by atoms with E-state index in [9.17, 15) is 31.1 Å². The molecule has 2 aliphatic carbocycles. The molecule has 3 heterocycles. The number of aliphatic hydroxyl groups excluding tert-OH is 1. The van der Waals surface area contributed by atoms with Gasteiger partial charge in [0.2, 0.25) is 15.9 Å². The molecule has 3 aromatic rings. The molecule has 2 aromatic carbocycles. The van der Waals surface area contributed by atoms with Gasteiger partial charge in [0, 0.05) is 73.2 Å². The lowest BCUT2D eigenvalue weighted by Gasteiger charge is -2.60. The quantitative estimate of drug-likeness (QED) is 0.256. The molecule has 1 saturated carbocycles. The number of sulfonamides is 1. The third-order valence-electron chi connectivity index (χ3n) is 9.73. The fourth-order valence-electron chi connectivity index (χ4n) is 7.41. The highest BCUT2D eigenvalue weighted by molar-refractivity contribution is 7.88. The molecule has 2 aliphatic heterocycles. The SMILES string of the molecule is CCOC(O)[C@H]1[C@@H]2Cc3cc(OCc4cc(-c5ccc(N6CC7(C6)CN(S(C)(=O)=O)C7)cc5F)c(C(F)(F)F)cc4F)ncc3[C@@H]21. The van der Waals surface area contributed by atoms with Gasteiger partial charge in [0.1, 0.15) is 18.2 Å². The number of nitrogens with zero attached hydrogens (tertiary/aromatic N) is 3. The third-order valence-corrected chi connectivity index (χ3v) is 10.9. The molecule has 46 heavy (non-hydrogen) atoms. The number of pyridine rings is 1. The van der Waals surface area contributed by atoms with Crippen molar-refractivity contribution < 1.29 is 45.0 Å². The molecule has 4 aliphatic rings. The van der Waals surface area contributed by atoms with Crippen LogP contribution < -0.4 is 9.64 Å². The first kappa shape index (κ1) is 31.3. The number of alkyl halides is 3. The lowest BCUT2D eigenvalue weighted by Crippen LogP contribution is -2.72. The average molecular weight is 666 g/mol. The number of anilines is 1. The maximum absolute atomic E-state index is 15.5. The van der Waals surface area contributed by atoms with E-state index in [1.54, 1.807) is 12.3 Å². The Morgan fingerprint density at radius 2 is 1.80 bits per heavy atom. The minimum Gasteiger partial charge on any atom is -0.473 e. The zero-order valence-corrected chi connectivity index (χ0v) is 25.8. The highest BCUT2D eigenvalue weighted by atomic mass is 32.2. The Morgan fingerprint density at radius 3 is 2.46 bits per heavy atom. The number of aliphatic hydroxyl groups is 1. The number of rotatable bonds is 9. The zero-order chi connectivity index (χ0) is 32.8. The number of hydrogen-bond donors (Lipinski definition) is 1. The van der Waals surface area contributed by atoms with Gasteiger partial charge in [0.25, 0.3) is 0 Å². The van der Waals surface area contributed by atoms with Gasteiger partial charge in [-0.3, -0.25) is 0 Å². The molecule has 1 aromatic heterocycles. The van der Waals surface area contributed by atoms with E-state index in [4.69, 9.17) is 9.47 Å². The van der Waals surface area contributed by atoms with Crippen molar-refractivity contribution in [3.05, 3.63) is 76.5 Å². The summed E-state index contributed by atoms with van der Waals surface area (Å²) in [6.45, 7) is 3.53. The molecule has 0 bridgehead atoms. The van der Waals surface area contributed by atoms with Crippen LogP contribution in [0.2, 0.25) is 0 Å². The lowest BCUT2D eigenvalue weighted by molar-refractivity contribution is -0.137. The topological polar surface area (TPSA) is 92.2 Å². The van der Waals surface area contributed by atoms with Gasteiger partial charge in [-0.25, -0.2) is 26.5 Å². The first-order valence-electron chi connectivity index (χ1n) is 15.0. The molecule has 4 atom stereocenters. The van der Waals surface area contributed by atoms with E-state index >= 15 is 4.39 Å². The van der Waals surface area contributed by atoms with E-state index in [1.807, 2.05) is 11.8 Å². The number of halogens is 5. The fourth-order valence-corrected chi connectivity index (χ4v) is 8.42. The molecular weight excluding hydrogens is 633 g/mol. The van der Waals surface area contributed by atoms with Gasteiger partial charge in [-0.05, 0) is 72.2 Å². The van der Waals surface area contributed by atoms with E-state index in [1.165, 1.54) is 16.4 Å². The van der Waals surface area contributed by atoms with Crippen molar-refractivity contribution in [3.8, 4) is 17.0 Å². The number of ether oxygens (including phenoxy) is 2. The summed E-state index contributed by atoms with van der Waals surface area (Å²) in [6.07, 6.45) is -2.31. The van der Waals surface area contributed by atoms with Crippen LogP contribution in [0.25, 0.3) is 11.1 Å². The third kappa shape index (κ3) is 5.42. The van der Waals surface area contributed by atoms with Crippen molar-refractivity contribution in [3.63, 3.8) is 0 Å². The van der Waals surface area contributed by atoms with Crippen LogP contribution in [0, 0.1) is 28.9 Å². The zero-order valence-electron chi connectivity index (χ0n) is 25.0. The normalized spacial score (nSPS) is 23.8. The Labute approximate surface area is 262 Å². The van der Waals surface area contributed by atoms with Crippen molar-refractivity contribution in [2.24, 2.45) is 17.3 Å². The second-order valence-corrected chi connectivity index (χ2v) is 14.8. The van der Waals surface area contributed by atoms with Crippen molar-refractivity contribution in [2.45, 2.75) is 38.3 Å². The summed E-state index contributed by atoms with van der Waals surface area (Å²) in [5.74, 6) is -1.49. The van der Waals surface area contributed by atoms with Crippen LogP contribution in [0.3, 0.4) is 0 Å². The van der Waals surface area contributed by atoms with Crippen molar-refractivity contribution in [1.29, 1.82) is 0 Å². The second-order valence-electron chi connectivity index (χ2n) is 12.9. The van der Waals surface area contributed by atoms with Gasteiger partial charge in [0.15, 0.2) is 6.29 Å². The van der Waals surface area contributed by atoms with Gasteiger partial charge in [0.05, 0.1) is 11.8 Å². The molecule has 246 valence electrons. The summed E-state index contributed by atoms with van der Waals surface area (Å²) in [5.41, 5.74) is -0.134. The van der Waals surface area contributed by atoms with Crippen LogP contribution in [-0.4, -0.2) is 68.1 Å². The van der Waals surface area contributed by atoms with Crippen LogP contribution in [0.1, 0.15) is 35.1 Å². The molecule has 14 heteroatoms. The fraction of sp³-hybridized carbons (Fsp3) is 0.469. The summed E-state index contributed by atoms with van der Waals surface area (Å²) in [5, 5.41) is 10.2. The average Bonchev–Trinajstić information content (AvgIpc) is 3.51. The highest BCUT2D eigenvalue weighted by Crippen LogP contribution is 2.63. The molecule has 0 radical (unpaired) electrons. The van der Waals surface area contributed by atoms with Gasteiger partial charge in [-0.15, -0.1) is 0 Å². The maximum atomic E-state index is 15.5. The summed E-state index contributed by atoms with van der Waals surface area (Å²) in [7, 11) is -3.28. The predicted octanol–water partition coefficient (Wildman–Crippen LogP) is 4.95. The van der Waals surface area contributed by atoms with E-state index < -0.39 is 51.9 Å². The van der Waals surface area contributed by atoms with Crippen LogP contribution in [0.15, 0.2) is 42.6 Å². The Morgan fingerprint density at radius 1 is 1.07 bits per heavy atom. The number of fused-ring (bicyclic) bond motifs is 3. The largest absolute Gasteiger partial charge is 0.473 e. The van der Waals surface area contributed by atoms with Gasteiger partial charge in [-0.2, -0.15) is 13.2 Å². The summed E-state index contributed by atoms with van der Waals surface area (Å²) in [6, 6.07) is 6.94. The first-order chi connectivity index (χ1) is 21.7. The lowest BCUT2D eigenvalue weighted by atomic mass is 9.74. The van der Waals surface area contributed by atoms with E-state index in [2.05, 4.69) is 4.98 Å². The summed E-state index contributed by atoms with van der Waals surface area (Å²) < 4.78 is 108. The molecular formula is C32H32F5N3O5S. The molecule has 8 nitrogen and oxygen atoms in total. The van der Waals surface area contributed by atoms with Gasteiger partial charge in [-0.1, -0.05) is 0 Å². The summed E-state index contributed by atoms with van der Waals surface area (Å²) in [4.78, 5) is 6.14. The number of benzene rings is 2. The van der Waals surface area contributed by atoms with Crippen LogP contribution in [0.5, 0.6) is 5.88 Å². The molecule has 2 saturated heterocycles. The molecule has 1 spiro atoms. The van der Waals surface area contributed by atoms with Crippen LogP contribution >= 0.6 is 0 Å². The van der Waals surface area contributed by atoms with Crippen molar-refractivity contribution >= 4 is 15.7 Å². The van der Waals surface area contributed by atoms with Gasteiger partial charge >= 0.3 is 6.18 Å². The number of aromatic nitrogens is 1. The first-order valence-corrected chi connectivity index (χ1v) is 16.8. The van der Waals surface area contributed by atoms with Crippen molar-refractivity contribution in [2.75, 3.05) is 43.9 Å². The monoisotopic (exact) mass is 665 g/mol. The van der Waals surface area contributed by atoms with Crippen LogP contribution in [-0.2, 0) is 34.0 Å². The van der Waals surface area contributed by atoms with E-state index in [-0.39, 0.29) is 40.2 Å². The molecule has 7 rings (SSSR count). The smallest absolute Gasteiger partial charge is 0.417 e. The van der Waals surface area contributed by atoms with Gasteiger partial charge < -0.3 is 19.5 Å². The molecule has 3 fully saturated rings. The molecule has 1 N–H and O–H groups in total. The maximum Gasteiger partial charge on any atom is 0.417 e. The minimum absolute atomic E-state index is 0.00771. The molecule has 0 amide bonds. The Balaban J connectivity index is 1.07. The van der Waals surface area contributed by atoms with E-state index in [0.29, 0.717) is 51.0 Å². The van der Waals surface area contributed by atoms with Crippen molar-refractivity contribution in [1.82, 2.24) is 9.29 Å². The predicted molar refractivity (Wildman–Crippen MR) is 157 cm³/mol. The van der Waals surface area contributed by atoms with E-state index in [0.717, 1.165) is 29.5 Å². The Kier molecular flexibility index (Phi) is 7.38.